The molecule has 1 saturated carbocycles. The zero-order valence-electron chi connectivity index (χ0n) is 11.4. The number of H-pyrrole nitrogens is 1. The summed E-state index contributed by atoms with van der Waals surface area (Å²) < 4.78 is 0. The van der Waals surface area contributed by atoms with Crippen LogP contribution in [0.3, 0.4) is 0 Å². The molecule has 0 unspecified atom stereocenters. The van der Waals surface area contributed by atoms with Gasteiger partial charge < -0.3 is 10.3 Å². The van der Waals surface area contributed by atoms with Crippen molar-refractivity contribution in [3.8, 4) is 0 Å². The number of rotatable bonds is 3. The normalized spacial score (nSPS) is 17.1. The number of aromatic amines is 1. The van der Waals surface area contributed by atoms with E-state index in [0.29, 0.717) is 5.92 Å². The number of nitrogens with one attached hydrogen (secondary N) is 2. The maximum Gasteiger partial charge on any atom is 0.110 e. The van der Waals surface area contributed by atoms with Crippen LogP contribution in [0.25, 0.3) is 11.0 Å². The first kappa shape index (κ1) is 11.7. The van der Waals surface area contributed by atoms with E-state index in [4.69, 9.17) is 4.98 Å². The van der Waals surface area contributed by atoms with E-state index in [1.165, 1.54) is 30.7 Å². The Bertz CT molecular complexity index is 564. The largest absolute Gasteiger partial charge is 0.342 e. The van der Waals surface area contributed by atoms with Crippen LogP contribution in [0.2, 0.25) is 0 Å². The third-order valence-corrected chi connectivity index (χ3v) is 4.34. The van der Waals surface area contributed by atoms with Crippen molar-refractivity contribution in [1.29, 1.82) is 0 Å². The fourth-order valence-corrected chi connectivity index (χ4v) is 2.44. The van der Waals surface area contributed by atoms with Crippen molar-refractivity contribution in [2.75, 3.05) is 7.05 Å². The van der Waals surface area contributed by atoms with Gasteiger partial charge in [-0.2, -0.15) is 0 Å². The number of nitrogens with zero attached hydrogens (tertiary/aromatic N) is 1. The van der Waals surface area contributed by atoms with E-state index in [1.807, 2.05) is 7.05 Å². The quantitative estimate of drug-likeness (QED) is 0.868. The first-order valence-electron chi connectivity index (χ1n) is 6.79. The van der Waals surface area contributed by atoms with Gasteiger partial charge in [0.1, 0.15) is 5.82 Å². The lowest BCUT2D eigenvalue weighted by Crippen LogP contribution is -2.32. The van der Waals surface area contributed by atoms with Crippen LogP contribution in [-0.4, -0.2) is 17.0 Å². The van der Waals surface area contributed by atoms with Crippen LogP contribution in [0.1, 0.15) is 50.4 Å². The van der Waals surface area contributed by atoms with Gasteiger partial charge in [-0.05, 0) is 51.4 Å². The molecule has 1 fully saturated rings. The molecule has 1 aliphatic rings. The average Bonchev–Trinajstić information content (AvgIpc) is 2.68. The van der Waals surface area contributed by atoms with Crippen LogP contribution >= 0.6 is 0 Å². The monoisotopic (exact) mass is 243 g/mol. The van der Waals surface area contributed by atoms with Gasteiger partial charge in [-0.3, -0.25) is 0 Å². The first-order valence-corrected chi connectivity index (χ1v) is 6.79. The molecule has 0 aliphatic heterocycles. The summed E-state index contributed by atoms with van der Waals surface area (Å²) in [5, 5.41) is 3.34. The minimum absolute atomic E-state index is 0.00403. The molecule has 18 heavy (non-hydrogen) atoms. The molecule has 2 N–H and O–H groups in total. The highest BCUT2D eigenvalue weighted by Crippen LogP contribution is 2.35. The van der Waals surface area contributed by atoms with Gasteiger partial charge in [0.2, 0.25) is 0 Å². The van der Waals surface area contributed by atoms with Crippen LogP contribution in [0.5, 0.6) is 0 Å². The summed E-state index contributed by atoms with van der Waals surface area (Å²) in [6.45, 7) is 4.38. The van der Waals surface area contributed by atoms with Crippen molar-refractivity contribution in [2.24, 2.45) is 0 Å². The summed E-state index contributed by atoms with van der Waals surface area (Å²) >= 11 is 0. The molecule has 2 aromatic rings. The molecule has 0 atom stereocenters. The van der Waals surface area contributed by atoms with Crippen LogP contribution in [0.15, 0.2) is 18.2 Å². The predicted octanol–water partition coefficient (Wildman–Crippen LogP) is 3.28. The minimum Gasteiger partial charge on any atom is -0.342 e. The summed E-state index contributed by atoms with van der Waals surface area (Å²) in [5.74, 6) is 1.84. The topological polar surface area (TPSA) is 40.7 Å². The lowest BCUT2D eigenvalue weighted by Gasteiger charge is -2.24. The van der Waals surface area contributed by atoms with Crippen LogP contribution in [-0.2, 0) is 5.54 Å². The highest BCUT2D eigenvalue weighted by Gasteiger charge is 2.23. The fourth-order valence-electron chi connectivity index (χ4n) is 2.44. The maximum atomic E-state index is 4.71. The molecular formula is C15H21N3. The van der Waals surface area contributed by atoms with Gasteiger partial charge in [0.15, 0.2) is 0 Å². The van der Waals surface area contributed by atoms with Crippen molar-refractivity contribution >= 4 is 11.0 Å². The molecular weight excluding hydrogens is 222 g/mol. The SMILES string of the molecule is CNC(C)(C)c1ccc2nc(C3CCC3)[nH]c2c1. The molecule has 3 rings (SSSR count). The summed E-state index contributed by atoms with van der Waals surface area (Å²) in [6, 6.07) is 6.52. The van der Waals surface area contributed by atoms with Gasteiger partial charge in [-0.1, -0.05) is 12.5 Å². The number of imidazole rings is 1. The first-order chi connectivity index (χ1) is 8.60. The molecule has 3 heteroatoms. The standard InChI is InChI=1S/C15H21N3/c1-15(2,16-3)11-7-8-12-13(9-11)18-14(17-12)10-5-4-6-10/h7-10,16H,4-6H2,1-3H3,(H,17,18). The van der Waals surface area contributed by atoms with Crippen molar-refractivity contribution in [1.82, 2.24) is 15.3 Å². The smallest absolute Gasteiger partial charge is 0.110 e. The van der Waals surface area contributed by atoms with Gasteiger partial charge in [-0.25, -0.2) is 4.98 Å². The summed E-state index contributed by atoms with van der Waals surface area (Å²) in [6.07, 6.45) is 3.92. The van der Waals surface area contributed by atoms with E-state index in [1.54, 1.807) is 0 Å². The Balaban J connectivity index is 2.01. The summed E-state index contributed by atoms with van der Waals surface area (Å²) in [4.78, 5) is 8.20. The molecule has 0 radical (unpaired) electrons. The fraction of sp³-hybridized carbons (Fsp3) is 0.533. The van der Waals surface area contributed by atoms with Crippen LogP contribution in [0.4, 0.5) is 0 Å². The van der Waals surface area contributed by atoms with Gasteiger partial charge in [0.05, 0.1) is 11.0 Å². The Labute approximate surface area is 108 Å². The van der Waals surface area contributed by atoms with Gasteiger partial charge in [-0.15, -0.1) is 0 Å². The lowest BCUT2D eigenvalue weighted by atomic mass is 9.85. The van der Waals surface area contributed by atoms with Crippen molar-refractivity contribution in [3.05, 3.63) is 29.6 Å². The van der Waals surface area contributed by atoms with Crippen molar-refractivity contribution in [3.63, 3.8) is 0 Å². The highest BCUT2D eigenvalue weighted by molar-refractivity contribution is 5.76. The van der Waals surface area contributed by atoms with E-state index in [2.05, 4.69) is 42.3 Å². The molecule has 0 spiro atoms. The van der Waals surface area contributed by atoms with E-state index in [0.717, 1.165) is 11.0 Å². The van der Waals surface area contributed by atoms with Gasteiger partial charge in [0, 0.05) is 11.5 Å². The molecule has 1 aliphatic carbocycles. The zero-order chi connectivity index (χ0) is 12.8. The van der Waals surface area contributed by atoms with Gasteiger partial charge >= 0.3 is 0 Å². The number of aromatic nitrogens is 2. The van der Waals surface area contributed by atoms with E-state index >= 15 is 0 Å². The number of fused-ring (bicyclic) bond motifs is 1. The predicted molar refractivity (Wildman–Crippen MR) is 74.8 cm³/mol. The number of hydrogen-bond acceptors (Lipinski definition) is 2. The van der Waals surface area contributed by atoms with Crippen molar-refractivity contribution < 1.29 is 0 Å². The summed E-state index contributed by atoms with van der Waals surface area (Å²) in [5.41, 5.74) is 3.54. The molecule has 3 nitrogen and oxygen atoms in total. The Kier molecular flexibility index (Phi) is 2.67. The Morgan fingerprint density at radius 1 is 1.33 bits per heavy atom. The Hall–Kier alpha value is -1.35. The Morgan fingerprint density at radius 3 is 2.72 bits per heavy atom. The zero-order valence-corrected chi connectivity index (χ0v) is 11.4. The third-order valence-electron chi connectivity index (χ3n) is 4.34. The molecule has 0 bridgehead atoms. The second-order valence-corrected chi connectivity index (χ2v) is 5.86. The number of hydrogen-bond donors (Lipinski definition) is 2. The maximum absolute atomic E-state index is 4.71. The molecule has 0 saturated heterocycles. The average molecular weight is 243 g/mol. The second-order valence-electron chi connectivity index (χ2n) is 5.86. The molecule has 1 aromatic carbocycles. The van der Waals surface area contributed by atoms with E-state index in [9.17, 15) is 0 Å². The van der Waals surface area contributed by atoms with E-state index < -0.39 is 0 Å². The lowest BCUT2D eigenvalue weighted by molar-refractivity contribution is 0.405. The number of benzene rings is 1. The molecule has 96 valence electrons. The Morgan fingerprint density at radius 2 is 2.11 bits per heavy atom. The minimum atomic E-state index is -0.00403. The van der Waals surface area contributed by atoms with Crippen LogP contribution < -0.4 is 5.32 Å². The summed E-state index contributed by atoms with van der Waals surface area (Å²) in [7, 11) is 2.00. The second kappa shape index (κ2) is 4.09. The highest BCUT2D eigenvalue weighted by atomic mass is 14.9. The van der Waals surface area contributed by atoms with E-state index in [-0.39, 0.29) is 5.54 Å². The molecule has 1 heterocycles. The van der Waals surface area contributed by atoms with Gasteiger partial charge in [0.25, 0.3) is 0 Å². The van der Waals surface area contributed by atoms with Crippen LogP contribution in [0, 0.1) is 0 Å². The third kappa shape index (κ3) is 1.83. The molecule has 0 amide bonds. The van der Waals surface area contributed by atoms with Crippen molar-refractivity contribution in [2.45, 2.75) is 44.6 Å². The molecule has 1 aromatic heterocycles.